The van der Waals surface area contributed by atoms with Crippen molar-refractivity contribution < 1.29 is 10.2 Å². The quantitative estimate of drug-likeness (QED) is 0.476. The Kier molecular flexibility index (Phi) is 1.72. The zero-order valence-electron chi connectivity index (χ0n) is 6.12. The highest BCUT2D eigenvalue weighted by Crippen LogP contribution is 2.28. The molecule has 0 radical (unpaired) electrons. The molecule has 0 amide bonds. The molecule has 3 heteroatoms. The van der Waals surface area contributed by atoms with Gasteiger partial charge in [0.1, 0.15) is 0 Å². The molecule has 2 aliphatic rings. The lowest BCUT2D eigenvalue weighted by molar-refractivity contribution is -0.170. The maximum atomic E-state index is 9.26. The van der Waals surface area contributed by atoms with Gasteiger partial charge in [-0.3, -0.25) is 0 Å². The molecule has 0 saturated heterocycles. The van der Waals surface area contributed by atoms with Gasteiger partial charge >= 0.3 is 0 Å². The number of aliphatic hydroxyl groups is 2. The first kappa shape index (κ1) is 8.20. The molecule has 3 nitrogen and oxygen atoms in total. The molecule has 0 spiro atoms. The largest absolute Gasteiger partial charge is 0.362 e. The van der Waals surface area contributed by atoms with Crippen molar-refractivity contribution in [3.63, 3.8) is 0 Å². The van der Waals surface area contributed by atoms with Crippen LogP contribution >= 0.6 is 0 Å². The van der Waals surface area contributed by atoms with Gasteiger partial charge in [0, 0.05) is 12.0 Å². The van der Waals surface area contributed by atoms with Gasteiger partial charge in [-0.25, -0.2) is 0 Å². The maximum absolute atomic E-state index is 9.26. The summed E-state index contributed by atoms with van der Waals surface area (Å²) in [6, 6.07) is 7.28. The summed E-state index contributed by atoms with van der Waals surface area (Å²) in [6.07, 6.45) is 0.329. The van der Waals surface area contributed by atoms with Crippen LogP contribution in [-0.4, -0.2) is 10.2 Å². The van der Waals surface area contributed by atoms with Crippen LogP contribution in [0.2, 0.25) is 0 Å². The van der Waals surface area contributed by atoms with Gasteiger partial charge in [-0.05, 0) is 5.56 Å². The van der Waals surface area contributed by atoms with Gasteiger partial charge in [0.25, 0.3) is 0 Å². The average molecular weight is 153 g/mol. The summed E-state index contributed by atoms with van der Waals surface area (Å²) < 4.78 is 0. The van der Waals surface area contributed by atoms with Crippen molar-refractivity contribution in [2.45, 2.75) is 12.2 Å². The normalized spacial score (nSPS) is 17.6. The first-order valence-electron chi connectivity index (χ1n) is 3.23. The minimum absolute atomic E-state index is 0. The third-order valence-electron chi connectivity index (χ3n) is 1.87. The Morgan fingerprint density at radius 1 is 1.09 bits per heavy atom. The summed E-state index contributed by atoms with van der Waals surface area (Å²) in [4.78, 5) is 0. The predicted molar refractivity (Wildman–Crippen MR) is 41.3 cm³/mol. The van der Waals surface area contributed by atoms with Crippen LogP contribution in [0, 0.1) is 0 Å². The average Bonchev–Trinajstić information content (AvgIpc) is 1.87. The summed E-state index contributed by atoms with van der Waals surface area (Å²) in [6.45, 7) is 0. The van der Waals surface area contributed by atoms with Crippen LogP contribution in [0.4, 0.5) is 0 Å². The fourth-order valence-corrected chi connectivity index (χ4v) is 1.28. The van der Waals surface area contributed by atoms with Crippen molar-refractivity contribution in [1.29, 1.82) is 0 Å². The molecule has 0 aliphatic heterocycles. The maximum Gasteiger partial charge on any atom is 0.193 e. The van der Waals surface area contributed by atoms with Crippen molar-refractivity contribution in [1.82, 2.24) is 6.15 Å². The fraction of sp³-hybridized carbons (Fsp3) is 0.250. The zero-order valence-corrected chi connectivity index (χ0v) is 6.12. The van der Waals surface area contributed by atoms with E-state index in [1.54, 1.807) is 12.1 Å². The van der Waals surface area contributed by atoms with Gasteiger partial charge in [-0.1, -0.05) is 24.3 Å². The van der Waals surface area contributed by atoms with E-state index in [9.17, 15) is 10.2 Å². The minimum Gasteiger partial charge on any atom is -0.362 e. The smallest absolute Gasteiger partial charge is 0.193 e. The van der Waals surface area contributed by atoms with Crippen LogP contribution < -0.4 is 6.15 Å². The number of hydrogen-bond acceptors (Lipinski definition) is 3. The summed E-state index contributed by atoms with van der Waals surface area (Å²) in [7, 11) is 0. The van der Waals surface area contributed by atoms with Gasteiger partial charge in [0.15, 0.2) is 5.79 Å². The lowest BCUT2D eigenvalue weighted by Crippen LogP contribution is -2.30. The Labute approximate surface area is 64.9 Å². The molecule has 0 aromatic heterocycles. The molecule has 0 heterocycles. The van der Waals surface area contributed by atoms with E-state index < -0.39 is 5.79 Å². The summed E-state index contributed by atoms with van der Waals surface area (Å²) in [5, 5.41) is 18.5. The molecule has 5 N–H and O–H groups in total. The highest BCUT2D eigenvalue weighted by molar-refractivity contribution is 5.32. The van der Waals surface area contributed by atoms with E-state index in [-0.39, 0.29) is 6.15 Å². The summed E-state index contributed by atoms with van der Waals surface area (Å²) in [5.74, 6) is -1.60. The lowest BCUT2D eigenvalue weighted by atomic mass is 9.91. The van der Waals surface area contributed by atoms with Gasteiger partial charge in [-0.2, -0.15) is 0 Å². The molecular weight excluding hydrogens is 142 g/mol. The van der Waals surface area contributed by atoms with Crippen LogP contribution in [0.1, 0.15) is 11.1 Å². The fourth-order valence-electron chi connectivity index (χ4n) is 1.28. The Morgan fingerprint density at radius 3 is 1.82 bits per heavy atom. The van der Waals surface area contributed by atoms with Crippen molar-refractivity contribution in [2.24, 2.45) is 0 Å². The second-order valence-corrected chi connectivity index (χ2v) is 2.69. The van der Waals surface area contributed by atoms with Crippen molar-refractivity contribution in [3.05, 3.63) is 35.4 Å². The van der Waals surface area contributed by atoms with Crippen LogP contribution in [0.5, 0.6) is 0 Å². The standard InChI is InChI=1S/C8H8O2.H3N/c9-8(10)5-6-1-3-7(8)4-2-6;/h1-4,9-10H,5H2;1H3. The van der Waals surface area contributed by atoms with Gasteiger partial charge in [-0.15, -0.1) is 0 Å². The van der Waals surface area contributed by atoms with Crippen molar-refractivity contribution in [2.75, 3.05) is 0 Å². The number of hydrogen-bond donors (Lipinski definition) is 3. The molecule has 11 heavy (non-hydrogen) atoms. The van der Waals surface area contributed by atoms with E-state index in [4.69, 9.17) is 0 Å². The molecule has 1 aromatic rings. The SMILES string of the molecule is N.OC1(O)Cc2ccc1cc2. The van der Waals surface area contributed by atoms with E-state index in [1.165, 1.54) is 0 Å². The monoisotopic (exact) mass is 153 g/mol. The summed E-state index contributed by atoms with van der Waals surface area (Å²) in [5.41, 5.74) is 1.56. The highest BCUT2D eigenvalue weighted by Gasteiger charge is 2.29. The highest BCUT2D eigenvalue weighted by atomic mass is 16.5. The second kappa shape index (κ2) is 2.30. The second-order valence-electron chi connectivity index (χ2n) is 2.69. The molecule has 0 fully saturated rings. The molecule has 0 atom stereocenters. The first-order valence-corrected chi connectivity index (χ1v) is 3.23. The van der Waals surface area contributed by atoms with Crippen LogP contribution in [-0.2, 0) is 12.2 Å². The number of rotatable bonds is 0. The topological polar surface area (TPSA) is 75.5 Å². The number of fused-ring (bicyclic) bond motifs is 3. The Balaban J connectivity index is 0.000000605. The van der Waals surface area contributed by atoms with Crippen LogP contribution in [0.25, 0.3) is 0 Å². The van der Waals surface area contributed by atoms with Crippen molar-refractivity contribution >= 4 is 0 Å². The molecule has 2 bridgehead atoms. The van der Waals surface area contributed by atoms with E-state index in [1.807, 2.05) is 12.1 Å². The van der Waals surface area contributed by atoms with Crippen molar-refractivity contribution in [3.8, 4) is 0 Å². The van der Waals surface area contributed by atoms with Gasteiger partial charge in [0.2, 0.25) is 0 Å². The lowest BCUT2D eigenvalue weighted by Gasteiger charge is -2.27. The van der Waals surface area contributed by atoms with Gasteiger partial charge < -0.3 is 16.4 Å². The molecule has 2 aliphatic carbocycles. The predicted octanol–water partition coefficient (Wildman–Crippen LogP) is 0.542. The minimum atomic E-state index is -1.60. The third kappa shape index (κ3) is 1.14. The Bertz CT molecular complexity index is 253. The van der Waals surface area contributed by atoms with Crippen LogP contribution in [0.3, 0.4) is 0 Å². The van der Waals surface area contributed by atoms with E-state index in [2.05, 4.69) is 0 Å². The first-order chi connectivity index (χ1) is 4.68. The molecule has 1 aromatic carbocycles. The molecule has 0 unspecified atom stereocenters. The Hall–Kier alpha value is -0.900. The van der Waals surface area contributed by atoms with Gasteiger partial charge in [0.05, 0.1) is 0 Å². The molecule has 3 rings (SSSR count). The third-order valence-corrected chi connectivity index (χ3v) is 1.87. The molecular formula is C8H11NO2. The van der Waals surface area contributed by atoms with E-state index in [0.29, 0.717) is 12.0 Å². The summed E-state index contributed by atoms with van der Waals surface area (Å²) >= 11 is 0. The Morgan fingerprint density at radius 2 is 1.64 bits per heavy atom. The number of benzene rings is 1. The molecule has 60 valence electrons. The molecule has 0 saturated carbocycles. The van der Waals surface area contributed by atoms with E-state index >= 15 is 0 Å². The zero-order chi connectivity index (χ0) is 7.19. The van der Waals surface area contributed by atoms with E-state index in [0.717, 1.165) is 5.56 Å². The van der Waals surface area contributed by atoms with Crippen LogP contribution in [0.15, 0.2) is 24.3 Å².